The molecule has 0 fully saturated rings. The predicted molar refractivity (Wildman–Crippen MR) is 72.6 cm³/mol. The van der Waals surface area contributed by atoms with E-state index in [0.717, 1.165) is 39.4 Å². The molecule has 0 spiro atoms. The van der Waals surface area contributed by atoms with Crippen LogP contribution in [0.5, 0.6) is 0 Å². The number of carboxylic acids is 1. The van der Waals surface area contributed by atoms with Crippen LogP contribution >= 0.6 is 0 Å². The maximum atomic E-state index is 10.6. The van der Waals surface area contributed by atoms with Gasteiger partial charge < -0.3 is 5.11 Å². The summed E-state index contributed by atoms with van der Waals surface area (Å²) < 4.78 is 0. The number of aromatic nitrogens is 1. The molecule has 18 heavy (non-hydrogen) atoms. The highest BCUT2D eigenvalue weighted by molar-refractivity contribution is 5.94. The molecule has 0 aliphatic heterocycles. The molecule has 0 amide bonds. The Morgan fingerprint density at radius 1 is 1.22 bits per heavy atom. The van der Waals surface area contributed by atoms with Gasteiger partial charge in [-0.05, 0) is 50.1 Å². The van der Waals surface area contributed by atoms with Crippen LogP contribution in [0.2, 0.25) is 0 Å². The first-order valence-electron chi connectivity index (χ1n) is 5.77. The first-order chi connectivity index (χ1) is 8.47. The summed E-state index contributed by atoms with van der Waals surface area (Å²) in [6.45, 7) is 5.96. The summed E-state index contributed by atoms with van der Waals surface area (Å²) in [5.41, 5.74) is 4.98. The summed E-state index contributed by atoms with van der Waals surface area (Å²) in [5, 5.41) is 9.72. The van der Waals surface area contributed by atoms with Crippen LogP contribution in [-0.2, 0) is 4.79 Å². The van der Waals surface area contributed by atoms with E-state index in [4.69, 9.17) is 5.11 Å². The summed E-state index contributed by atoms with van der Waals surface area (Å²) in [7, 11) is 0. The first kappa shape index (κ1) is 12.3. The fraction of sp³-hybridized carbons (Fsp3) is 0.200. The zero-order valence-electron chi connectivity index (χ0n) is 10.7. The molecule has 2 aromatic rings. The summed E-state index contributed by atoms with van der Waals surface area (Å²) >= 11 is 0. The number of nitrogens with zero attached hydrogens (tertiary/aromatic N) is 1. The molecule has 0 bridgehead atoms. The van der Waals surface area contributed by atoms with Gasteiger partial charge in [0.1, 0.15) is 0 Å². The minimum Gasteiger partial charge on any atom is -0.478 e. The van der Waals surface area contributed by atoms with Crippen molar-refractivity contribution in [2.24, 2.45) is 0 Å². The fourth-order valence-corrected chi connectivity index (χ4v) is 2.14. The van der Waals surface area contributed by atoms with E-state index in [1.807, 2.05) is 32.9 Å². The zero-order valence-corrected chi connectivity index (χ0v) is 10.7. The van der Waals surface area contributed by atoms with E-state index in [1.165, 1.54) is 0 Å². The molecule has 92 valence electrons. The standard InChI is InChI=1S/C15H15NO2/c1-9-6-10(2)15-13(7-9)12(4-5-14(17)18)8-11(3)16-15/h4-8H,1-3H3,(H,17,18)/b5-4+. The third kappa shape index (κ3) is 2.40. The van der Waals surface area contributed by atoms with Crippen molar-refractivity contribution in [3.8, 4) is 0 Å². The van der Waals surface area contributed by atoms with E-state index in [9.17, 15) is 4.79 Å². The lowest BCUT2D eigenvalue weighted by molar-refractivity contribution is -0.131. The Morgan fingerprint density at radius 3 is 2.61 bits per heavy atom. The van der Waals surface area contributed by atoms with Crippen molar-refractivity contribution >= 4 is 22.9 Å². The molecule has 0 atom stereocenters. The molecule has 0 radical (unpaired) electrons. The quantitative estimate of drug-likeness (QED) is 0.821. The van der Waals surface area contributed by atoms with E-state index >= 15 is 0 Å². The van der Waals surface area contributed by atoms with Crippen LogP contribution in [0.1, 0.15) is 22.4 Å². The lowest BCUT2D eigenvalue weighted by Crippen LogP contribution is -1.92. The number of benzene rings is 1. The maximum absolute atomic E-state index is 10.6. The second-order valence-corrected chi connectivity index (χ2v) is 4.50. The number of hydrogen-bond acceptors (Lipinski definition) is 2. The molecule has 3 nitrogen and oxygen atoms in total. The fourth-order valence-electron chi connectivity index (χ4n) is 2.14. The van der Waals surface area contributed by atoms with Crippen LogP contribution < -0.4 is 0 Å². The lowest BCUT2D eigenvalue weighted by Gasteiger charge is -2.08. The summed E-state index contributed by atoms with van der Waals surface area (Å²) in [4.78, 5) is 15.1. The van der Waals surface area contributed by atoms with Gasteiger partial charge in [0.25, 0.3) is 0 Å². The average molecular weight is 241 g/mol. The van der Waals surface area contributed by atoms with Gasteiger partial charge >= 0.3 is 5.97 Å². The molecule has 1 aromatic carbocycles. The molecule has 1 aromatic heterocycles. The minimum atomic E-state index is -0.943. The van der Waals surface area contributed by atoms with Crippen LogP contribution in [0.15, 0.2) is 24.3 Å². The van der Waals surface area contributed by atoms with Crippen molar-refractivity contribution in [3.63, 3.8) is 0 Å². The number of pyridine rings is 1. The summed E-state index contributed by atoms with van der Waals surface area (Å²) in [6, 6.07) is 6.02. The lowest BCUT2D eigenvalue weighted by atomic mass is 10.0. The van der Waals surface area contributed by atoms with Crippen LogP contribution in [0.3, 0.4) is 0 Å². The number of fused-ring (bicyclic) bond motifs is 1. The third-order valence-electron chi connectivity index (χ3n) is 2.81. The monoisotopic (exact) mass is 241 g/mol. The molecule has 2 rings (SSSR count). The molecule has 0 saturated carbocycles. The Labute approximate surface area is 106 Å². The molecule has 3 heteroatoms. The average Bonchev–Trinajstić information content (AvgIpc) is 2.27. The second kappa shape index (κ2) is 4.61. The van der Waals surface area contributed by atoms with Crippen LogP contribution in [0.25, 0.3) is 17.0 Å². The van der Waals surface area contributed by atoms with E-state index in [1.54, 1.807) is 6.08 Å². The molecular weight excluding hydrogens is 226 g/mol. The number of aryl methyl sites for hydroxylation is 3. The van der Waals surface area contributed by atoms with Crippen LogP contribution in [-0.4, -0.2) is 16.1 Å². The normalized spacial score (nSPS) is 11.3. The highest BCUT2D eigenvalue weighted by Crippen LogP contribution is 2.24. The van der Waals surface area contributed by atoms with Crippen molar-refractivity contribution in [2.45, 2.75) is 20.8 Å². The molecule has 0 aliphatic rings. The van der Waals surface area contributed by atoms with Gasteiger partial charge in [-0.15, -0.1) is 0 Å². The van der Waals surface area contributed by atoms with Gasteiger partial charge in [-0.25, -0.2) is 4.79 Å². The second-order valence-electron chi connectivity index (χ2n) is 4.50. The topological polar surface area (TPSA) is 50.2 Å². The number of hydrogen-bond donors (Lipinski definition) is 1. The number of carbonyl (C=O) groups is 1. The Hall–Kier alpha value is -2.16. The van der Waals surface area contributed by atoms with Crippen molar-refractivity contribution < 1.29 is 9.90 Å². The Balaban J connectivity index is 2.75. The van der Waals surface area contributed by atoms with Crippen molar-refractivity contribution in [1.29, 1.82) is 0 Å². The Bertz CT molecular complexity index is 657. The van der Waals surface area contributed by atoms with Gasteiger partial charge in [0, 0.05) is 17.2 Å². The number of carboxylic acid groups (broad SMARTS) is 1. The Kier molecular flexibility index (Phi) is 3.15. The molecule has 1 N–H and O–H groups in total. The number of aliphatic carboxylic acids is 1. The molecular formula is C15H15NO2. The summed E-state index contributed by atoms with van der Waals surface area (Å²) in [5.74, 6) is -0.943. The van der Waals surface area contributed by atoms with Gasteiger partial charge in [0.2, 0.25) is 0 Å². The largest absolute Gasteiger partial charge is 0.478 e. The number of rotatable bonds is 2. The highest BCUT2D eigenvalue weighted by atomic mass is 16.4. The predicted octanol–water partition coefficient (Wildman–Crippen LogP) is 3.26. The van der Waals surface area contributed by atoms with Gasteiger partial charge in [0.05, 0.1) is 5.52 Å². The Morgan fingerprint density at radius 2 is 1.94 bits per heavy atom. The SMILES string of the molecule is Cc1cc(C)c2nc(C)cc(/C=C/C(=O)O)c2c1. The molecule has 1 heterocycles. The van der Waals surface area contributed by atoms with Crippen molar-refractivity contribution in [3.05, 3.63) is 46.7 Å². The molecule has 0 unspecified atom stereocenters. The van der Waals surface area contributed by atoms with Crippen molar-refractivity contribution in [1.82, 2.24) is 4.98 Å². The van der Waals surface area contributed by atoms with E-state index in [-0.39, 0.29) is 0 Å². The smallest absolute Gasteiger partial charge is 0.328 e. The minimum absolute atomic E-state index is 0.888. The van der Waals surface area contributed by atoms with Crippen molar-refractivity contribution in [2.75, 3.05) is 0 Å². The molecule has 0 saturated heterocycles. The van der Waals surface area contributed by atoms with Gasteiger partial charge in [0.15, 0.2) is 0 Å². The van der Waals surface area contributed by atoms with Gasteiger partial charge in [-0.3, -0.25) is 4.98 Å². The van der Waals surface area contributed by atoms with Gasteiger partial charge in [-0.2, -0.15) is 0 Å². The van der Waals surface area contributed by atoms with E-state index < -0.39 is 5.97 Å². The van der Waals surface area contributed by atoms with E-state index in [2.05, 4.69) is 11.1 Å². The first-order valence-corrected chi connectivity index (χ1v) is 5.77. The molecule has 0 aliphatic carbocycles. The highest BCUT2D eigenvalue weighted by Gasteiger charge is 2.05. The van der Waals surface area contributed by atoms with Crippen LogP contribution in [0.4, 0.5) is 0 Å². The third-order valence-corrected chi connectivity index (χ3v) is 2.81. The summed E-state index contributed by atoms with van der Waals surface area (Å²) in [6.07, 6.45) is 2.78. The van der Waals surface area contributed by atoms with Gasteiger partial charge in [-0.1, -0.05) is 11.6 Å². The zero-order chi connectivity index (χ0) is 13.3. The maximum Gasteiger partial charge on any atom is 0.328 e. The van der Waals surface area contributed by atoms with E-state index in [0.29, 0.717) is 0 Å². The van der Waals surface area contributed by atoms with Crippen LogP contribution in [0, 0.1) is 20.8 Å².